The van der Waals surface area contributed by atoms with E-state index in [1.807, 2.05) is 39.0 Å². The van der Waals surface area contributed by atoms with E-state index in [4.69, 9.17) is 14.2 Å². The maximum atomic E-state index is 11.9. The highest BCUT2D eigenvalue weighted by Gasteiger charge is 2.27. The highest BCUT2D eigenvalue weighted by atomic mass is 16.7. The topological polar surface area (TPSA) is 84.4 Å². The Balaban J connectivity index is 1.49. The van der Waals surface area contributed by atoms with Crippen LogP contribution in [-0.2, 0) is 11.3 Å². The Bertz CT molecular complexity index is 714. The molecular formula is C19H28N4O4. The average molecular weight is 376 g/mol. The van der Waals surface area contributed by atoms with Gasteiger partial charge in [0.15, 0.2) is 17.5 Å². The molecule has 1 aromatic carbocycles. The van der Waals surface area contributed by atoms with Crippen LogP contribution < -0.4 is 20.1 Å². The van der Waals surface area contributed by atoms with E-state index in [0.717, 1.165) is 36.0 Å². The Morgan fingerprint density at radius 1 is 1.33 bits per heavy atom. The van der Waals surface area contributed by atoms with Gasteiger partial charge in [-0.1, -0.05) is 6.07 Å². The number of nitrogens with zero attached hydrogens (tertiary/aromatic N) is 2. The monoisotopic (exact) mass is 376 g/mol. The van der Waals surface area contributed by atoms with Gasteiger partial charge in [-0.25, -0.2) is 4.79 Å². The number of amides is 1. The van der Waals surface area contributed by atoms with Crippen LogP contribution in [0.25, 0.3) is 0 Å². The summed E-state index contributed by atoms with van der Waals surface area (Å²) in [7, 11) is 1.76. The van der Waals surface area contributed by atoms with E-state index in [0.29, 0.717) is 13.1 Å². The number of benzene rings is 1. The van der Waals surface area contributed by atoms with E-state index in [9.17, 15) is 4.79 Å². The number of likely N-dealkylation sites (tertiary alicyclic amines) is 1. The lowest BCUT2D eigenvalue weighted by Gasteiger charge is -2.23. The van der Waals surface area contributed by atoms with Gasteiger partial charge in [-0.2, -0.15) is 0 Å². The maximum Gasteiger partial charge on any atom is 0.407 e. The second-order valence-corrected chi connectivity index (χ2v) is 7.67. The molecule has 2 heterocycles. The Morgan fingerprint density at radius 3 is 2.85 bits per heavy atom. The second kappa shape index (κ2) is 7.94. The molecule has 0 spiro atoms. The lowest BCUT2D eigenvalue weighted by atomic mass is 10.2. The summed E-state index contributed by atoms with van der Waals surface area (Å²) >= 11 is 0. The van der Waals surface area contributed by atoms with Gasteiger partial charge in [-0.15, -0.1) is 0 Å². The molecule has 1 unspecified atom stereocenters. The van der Waals surface area contributed by atoms with E-state index >= 15 is 0 Å². The highest BCUT2D eigenvalue weighted by Crippen LogP contribution is 2.32. The van der Waals surface area contributed by atoms with Crippen LogP contribution in [0.4, 0.5) is 4.79 Å². The molecule has 8 heteroatoms. The third kappa shape index (κ3) is 5.18. The van der Waals surface area contributed by atoms with E-state index in [-0.39, 0.29) is 18.9 Å². The standard InChI is InChI=1S/C19H28N4O4/c1-19(2,3)27-18(24)22-14-7-8-23(11-14)17(20-4)21-10-13-5-6-15-16(9-13)26-12-25-15/h5-6,9,14H,7-8,10-12H2,1-4H3,(H,20,21)(H,22,24). The molecule has 0 bridgehead atoms. The molecule has 8 nitrogen and oxygen atoms in total. The molecule has 2 N–H and O–H groups in total. The molecule has 0 saturated carbocycles. The first-order valence-corrected chi connectivity index (χ1v) is 9.18. The van der Waals surface area contributed by atoms with Crippen LogP contribution >= 0.6 is 0 Å². The van der Waals surface area contributed by atoms with E-state index in [2.05, 4.69) is 20.5 Å². The molecule has 1 aromatic rings. The number of carbonyl (C=O) groups excluding carboxylic acids is 1. The van der Waals surface area contributed by atoms with Gasteiger partial charge in [0.2, 0.25) is 6.79 Å². The molecule has 3 rings (SSSR count). The largest absolute Gasteiger partial charge is 0.454 e. The van der Waals surface area contributed by atoms with Crippen LogP contribution in [-0.4, -0.2) is 55.5 Å². The summed E-state index contributed by atoms with van der Waals surface area (Å²) in [4.78, 5) is 18.4. The summed E-state index contributed by atoms with van der Waals surface area (Å²) in [6.45, 7) is 7.99. The molecule has 2 aliphatic rings. The summed E-state index contributed by atoms with van der Waals surface area (Å²) in [5.41, 5.74) is 0.591. The number of guanidine groups is 1. The van der Waals surface area contributed by atoms with Crippen molar-refractivity contribution in [3.63, 3.8) is 0 Å². The first kappa shape index (κ1) is 19.1. The van der Waals surface area contributed by atoms with Gasteiger partial charge in [0, 0.05) is 26.7 Å². The number of hydrogen-bond donors (Lipinski definition) is 2. The predicted octanol–water partition coefficient (Wildman–Crippen LogP) is 2.09. The number of ether oxygens (including phenoxy) is 3. The fourth-order valence-corrected chi connectivity index (χ4v) is 3.11. The van der Waals surface area contributed by atoms with Gasteiger partial charge in [0.1, 0.15) is 5.60 Å². The number of hydrogen-bond acceptors (Lipinski definition) is 5. The van der Waals surface area contributed by atoms with Crippen LogP contribution in [0, 0.1) is 0 Å². The Morgan fingerprint density at radius 2 is 2.11 bits per heavy atom. The number of nitrogens with one attached hydrogen (secondary N) is 2. The van der Waals surface area contributed by atoms with Crippen molar-refractivity contribution in [2.24, 2.45) is 4.99 Å². The van der Waals surface area contributed by atoms with Gasteiger partial charge in [-0.05, 0) is 44.9 Å². The van der Waals surface area contributed by atoms with Crippen LogP contribution in [0.3, 0.4) is 0 Å². The minimum Gasteiger partial charge on any atom is -0.454 e. The zero-order chi connectivity index (χ0) is 19.4. The zero-order valence-electron chi connectivity index (χ0n) is 16.4. The predicted molar refractivity (Wildman–Crippen MR) is 102 cm³/mol. The number of rotatable bonds is 3. The van der Waals surface area contributed by atoms with E-state index in [1.54, 1.807) is 7.05 Å². The SMILES string of the molecule is CN=C(NCc1ccc2c(c1)OCO2)N1CCC(NC(=O)OC(C)(C)C)C1. The Hall–Kier alpha value is -2.64. The van der Waals surface area contributed by atoms with Crippen molar-refractivity contribution in [3.8, 4) is 11.5 Å². The molecule has 2 aliphatic heterocycles. The third-order valence-corrected chi connectivity index (χ3v) is 4.31. The lowest BCUT2D eigenvalue weighted by Crippen LogP contribution is -2.44. The van der Waals surface area contributed by atoms with Crippen molar-refractivity contribution in [3.05, 3.63) is 23.8 Å². The van der Waals surface area contributed by atoms with Crippen molar-refractivity contribution < 1.29 is 19.0 Å². The molecule has 1 amide bonds. The second-order valence-electron chi connectivity index (χ2n) is 7.67. The Kier molecular flexibility index (Phi) is 5.62. The first-order valence-electron chi connectivity index (χ1n) is 9.18. The molecule has 0 aliphatic carbocycles. The van der Waals surface area contributed by atoms with Crippen molar-refractivity contribution in [1.82, 2.24) is 15.5 Å². The molecular weight excluding hydrogens is 348 g/mol. The quantitative estimate of drug-likeness (QED) is 0.621. The summed E-state index contributed by atoms with van der Waals surface area (Å²) in [5, 5.41) is 6.30. The summed E-state index contributed by atoms with van der Waals surface area (Å²) < 4.78 is 16.1. The van der Waals surface area contributed by atoms with Gasteiger partial charge in [-0.3, -0.25) is 4.99 Å². The molecule has 1 saturated heterocycles. The van der Waals surface area contributed by atoms with E-state index < -0.39 is 5.60 Å². The maximum absolute atomic E-state index is 11.9. The summed E-state index contributed by atoms with van der Waals surface area (Å²) in [6.07, 6.45) is 0.474. The molecule has 27 heavy (non-hydrogen) atoms. The number of alkyl carbamates (subject to hydrolysis) is 1. The van der Waals surface area contributed by atoms with E-state index in [1.165, 1.54) is 0 Å². The number of fused-ring (bicyclic) bond motifs is 1. The first-order chi connectivity index (χ1) is 12.8. The summed E-state index contributed by atoms with van der Waals surface area (Å²) in [6, 6.07) is 5.94. The van der Waals surface area contributed by atoms with Crippen LogP contribution in [0.5, 0.6) is 11.5 Å². The van der Waals surface area contributed by atoms with Crippen molar-refractivity contribution >= 4 is 12.1 Å². The normalized spacial score (nSPS) is 19.2. The molecule has 0 aromatic heterocycles. The fourth-order valence-electron chi connectivity index (χ4n) is 3.11. The van der Waals surface area contributed by atoms with Crippen molar-refractivity contribution in [2.45, 2.75) is 45.4 Å². The fraction of sp³-hybridized carbons (Fsp3) is 0.579. The molecule has 0 radical (unpaired) electrons. The van der Waals surface area contributed by atoms with Gasteiger partial charge >= 0.3 is 6.09 Å². The van der Waals surface area contributed by atoms with Crippen molar-refractivity contribution in [1.29, 1.82) is 0 Å². The lowest BCUT2D eigenvalue weighted by molar-refractivity contribution is 0.0507. The van der Waals surface area contributed by atoms with Crippen molar-refractivity contribution in [2.75, 3.05) is 26.9 Å². The van der Waals surface area contributed by atoms with Crippen LogP contribution in [0.15, 0.2) is 23.2 Å². The summed E-state index contributed by atoms with van der Waals surface area (Å²) in [5.74, 6) is 2.35. The zero-order valence-corrected chi connectivity index (χ0v) is 16.4. The van der Waals surface area contributed by atoms with Crippen LogP contribution in [0.1, 0.15) is 32.8 Å². The number of carbonyl (C=O) groups is 1. The molecule has 148 valence electrons. The minimum atomic E-state index is -0.495. The van der Waals surface area contributed by atoms with Gasteiger partial charge in [0.05, 0.1) is 6.04 Å². The van der Waals surface area contributed by atoms with Crippen LogP contribution in [0.2, 0.25) is 0 Å². The highest BCUT2D eigenvalue weighted by molar-refractivity contribution is 5.80. The third-order valence-electron chi connectivity index (χ3n) is 4.31. The molecule has 1 atom stereocenters. The average Bonchev–Trinajstić information content (AvgIpc) is 3.22. The minimum absolute atomic E-state index is 0.0453. The van der Waals surface area contributed by atoms with Gasteiger partial charge < -0.3 is 29.7 Å². The molecule has 1 fully saturated rings. The Labute approximate surface area is 159 Å². The smallest absolute Gasteiger partial charge is 0.407 e. The van der Waals surface area contributed by atoms with Gasteiger partial charge in [0.25, 0.3) is 0 Å². The number of aliphatic imine (C=N–C) groups is 1.